The van der Waals surface area contributed by atoms with E-state index in [9.17, 15) is 14.9 Å². The lowest BCUT2D eigenvalue weighted by atomic mass is 10.3. The van der Waals surface area contributed by atoms with Crippen molar-refractivity contribution in [1.29, 1.82) is 0 Å². The van der Waals surface area contributed by atoms with Gasteiger partial charge in [0.1, 0.15) is 0 Å². The van der Waals surface area contributed by atoms with E-state index in [1.54, 1.807) is 30.0 Å². The van der Waals surface area contributed by atoms with Gasteiger partial charge in [-0.25, -0.2) is 0 Å². The summed E-state index contributed by atoms with van der Waals surface area (Å²) in [5.74, 6) is 0.827. The van der Waals surface area contributed by atoms with Gasteiger partial charge in [-0.1, -0.05) is 12.1 Å². The average molecular weight is 332 g/mol. The van der Waals surface area contributed by atoms with Crippen molar-refractivity contribution in [3.63, 3.8) is 0 Å². The van der Waals surface area contributed by atoms with Crippen molar-refractivity contribution in [2.45, 2.75) is 11.8 Å². The van der Waals surface area contributed by atoms with Crippen molar-refractivity contribution in [2.75, 3.05) is 17.7 Å². The van der Waals surface area contributed by atoms with E-state index in [1.807, 2.05) is 24.3 Å². The molecule has 0 heterocycles. The highest BCUT2D eigenvalue weighted by Gasteiger charge is 2.13. The largest absolute Gasteiger partial charge is 0.486 e. The number of thioether (sulfide) groups is 1. The van der Waals surface area contributed by atoms with Gasteiger partial charge in [0.25, 0.3) is 0 Å². The van der Waals surface area contributed by atoms with Crippen LogP contribution >= 0.6 is 11.8 Å². The summed E-state index contributed by atoms with van der Waals surface area (Å²) in [6.45, 7) is 1.83. The first kappa shape index (κ1) is 16.8. The van der Waals surface area contributed by atoms with E-state index in [1.165, 1.54) is 13.0 Å². The number of para-hydroxylation sites is 2. The maximum Gasteiger partial charge on any atom is 0.310 e. The minimum absolute atomic E-state index is 0.0304. The first-order valence-corrected chi connectivity index (χ1v) is 7.91. The summed E-state index contributed by atoms with van der Waals surface area (Å²) in [6, 6.07) is 13.8. The molecule has 0 radical (unpaired) electrons. The Bertz CT molecular complexity index is 689. The fourth-order valence-electron chi connectivity index (χ4n) is 1.88. The van der Waals surface area contributed by atoms with Crippen molar-refractivity contribution < 1.29 is 14.5 Å². The smallest absolute Gasteiger partial charge is 0.310 e. The third kappa shape index (κ3) is 5.30. The van der Waals surface area contributed by atoms with Crippen LogP contribution in [0.15, 0.2) is 53.4 Å². The molecule has 0 aromatic heterocycles. The topological polar surface area (TPSA) is 81.5 Å². The Kier molecular flexibility index (Phi) is 5.99. The molecule has 0 aliphatic heterocycles. The van der Waals surface area contributed by atoms with Crippen LogP contribution in [0.25, 0.3) is 0 Å². The predicted molar refractivity (Wildman–Crippen MR) is 90.1 cm³/mol. The summed E-state index contributed by atoms with van der Waals surface area (Å²) >= 11 is 1.57. The number of nitro groups is 1. The lowest BCUT2D eigenvalue weighted by Gasteiger charge is -2.07. The van der Waals surface area contributed by atoms with Crippen LogP contribution in [0.2, 0.25) is 0 Å². The van der Waals surface area contributed by atoms with Gasteiger partial charge in [-0.15, -0.1) is 11.8 Å². The molecule has 7 heteroatoms. The number of ether oxygens (including phenoxy) is 1. The Hall–Kier alpha value is -2.54. The first-order chi connectivity index (χ1) is 11.1. The van der Waals surface area contributed by atoms with Gasteiger partial charge in [0.15, 0.2) is 5.75 Å². The Morgan fingerprint density at radius 3 is 2.57 bits per heavy atom. The number of hydrogen-bond donors (Lipinski definition) is 1. The minimum atomic E-state index is -0.455. The fourth-order valence-corrected chi connectivity index (χ4v) is 2.61. The van der Waals surface area contributed by atoms with Gasteiger partial charge in [0.2, 0.25) is 5.91 Å². The molecule has 1 amide bonds. The zero-order chi connectivity index (χ0) is 16.7. The van der Waals surface area contributed by atoms with E-state index < -0.39 is 4.92 Å². The molecule has 0 saturated heterocycles. The molecule has 0 aliphatic carbocycles. The maximum absolute atomic E-state index is 10.9. The molecular weight excluding hydrogens is 316 g/mol. The lowest BCUT2D eigenvalue weighted by Crippen LogP contribution is -2.05. The highest BCUT2D eigenvalue weighted by atomic mass is 32.2. The first-order valence-electron chi connectivity index (χ1n) is 6.93. The average Bonchev–Trinajstić information content (AvgIpc) is 2.53. The van der Waals surface area contributed by atoms with Crippen LogP contribution in [0.5, 0.6) is 5.75 Å². The molecular formula is C16H16N2O4S. The summed E-state index contributed by atoms with van der Waals surface area (Å²) < 4.78 is 5.48. The Labute approximate surface area is 138 Å². The monoisotopic (exact) mass is 332 g/mol. The number of hydrogen-bond acceptors (Lipinski definition) is 5. The number of benzene rings is 2. The van der Waals surface area contributed by atoms with Gasteiger partial charge >= 0.3 is 5.69 Å². The molecule has 6 nitrogen and oxygen atoms in total. The normalized spacial score (nSPS) is 10.1. The molecule has 0 bridgehead atoms. The third-order valence-corrected chi connectivity index (χ3v) is 3.82. The van der Waals surface area contributed by atoms with Crippen molar-refractivity contribution >= 4 is 29.0 Å². The maximum atomic E-state index is 10.9. The SMILES string of the molecule is CC(=O)Nc1ccc(SCCOc2ccccc2[N+](=O)[O-])cc1. The van der Waals surface area contributed by atoms with Crippen molar-refractivity contribution in [3.8, 4) is 5.75 Å². The number of nitro benzene ring substituents is 1. The van der Waals surface area contributed by atoms with E-state index in [2.05, 4.69) is 5.32 Å². The van der Waals surface area contributed by atoms with Crippen LogP contribution in [-0.4, -0.2) is 23.2 Å². The van der Waals surface area contributed by atoms with Gasteiger partial charge in [-0.2, -0.15) is 0 Å². The van der Waals surface area contributed by atoms with E-state index in [0.29, 0.717) is 12.4 Å². The van der Waals surface area contributed by atoms with E-state index in [-0.39, 0.29) is 17.3 Å². The molecule has 0 atom stereocenters. The Morgan fingerprint density at radius 2 is 1.91 bits per heavy atom. The summed E-state index contributed by atoms with van der Waals surface area (Å²) in [5.41, 5.74) is 0.718. The molecule has 120 valence electrons. The number of nitrogens with one attached hydrogen (secondary N) is 1. The number of nitrogens with zero attached hydrogens (tertiary/aromatic N) is 1. The Balaban J connectivity index is 1.82. The van der Waals surface area contributed by atoms with Crippen LogP contribution in [-0.2, 0) is 4.79 Å². The van der Waals surface area contributed by atoms with Gasteiger partial charge in [-0.05, 0) is 30.3 Å². The van der Waals surface area contributed by atoms with Gasteiger partial charge in [0, 0.05) is 29.3 Å². The van der Waals surface area contributed by atoms with E-state index in [0.717, 1.165) is 10.6 Å². The zero-order valence-corrected chi connectivity index (χ0v) is 13.3. The van der Waals surface area contributed by atoms with Gasteiger partial charge < -0.3 is 10.1 Å². The number of rotatable bonds is 7. The van der Waals surface area contributed by atoms with Crippen LogP contribution in [0.1, 0.15) is 6.92 Å². The highest BCUT2D eigenvalue weighted by Crippen LogP contribution is 2.26. The predicted octanol–water partition coefficient (Wildman–Crippen LogP) is 3.72. The number of carbonyl (C=O) groups is 1. The molecule has 0 unspecified atom stereocenters. The summed E-state index contributed by atoms with van der Waals surface area (Å²) in [5, 5.41) is 13.6. The Morgan fingerprint density at radius 1 is 1.22 bits per heavy atom. The molecule has 0 spiro atoms. The van der Waals surface area contributed by atoms with Crippen molar-refractivity contribution in [2.24, 2.45) is 0 Å². The second-order valence-electron chi connectivity index (χ2n) is 4.63. The minimum Gasteiger partial charge on any atom is -0.486 e. The number of carbonyl (C=O) groups excluding carboxylic acids is 1. The molecule has 0 saturated carbocycles. The molecule has 0 fully saturated rings. The van der Waals surface area contributed by atoms with Gasteiger partial charge in [-0.3, -0.25) is 14.9 Å². The second kappa shape index (κ2) is 8.19. The zero-order valence-electron chi connectivity index (χ0n) is 12.5. The van der Waals surface area contributed by atoms with Crippen molar-refractivity contribution in [3.05, 3.63) is 58.6 Å². The van der Waals surface area contributed by atoms with Crippen LogP contribution < -0.4 is 10.1 Å². The third-order valence-electron chi connectivity index (χ3n) is 2.85. The standard InChI is InChI=1S/C16H16N2O4S/c1-12(19)17-13-6-8-14(9-7-13)23-11-10-22-16-5-3-2-4-15(16)18(20)21/h2-9H,10-11H2,1H3,(H,17,19). The number of amides is 1. The fraction of sp³-hybridized carbons (Fsp3) is 0.188. The van der Waals surface area contributed by atoms with E-state index in [4.69, 9.17) is 4.74 Å². The summed E-state index contributed by atoms with van der Waals surface area (Å²) in [4.78, 5) is 22.4. The van der Waals surface area contributed by atoms with E-state index >= 15 is 0 Å². The molecule has 23 heavy (non-hydrogen) atoms. The highest BCUT2D eigenvalue weighted by molar-refractivity contribution is 7.99. The summed E-state index contributed by atoms with van der Waals surface area (Å²) in [7, 11) is 0. The quantitative estimate of drug-likeness (QED) is 0.362. The van der Waals surface area contributed by atoms with Crippen LogP contribution in [0.3, 0.4) is 0 Å². The second-order valence-corrected chi connectivity index (χ2v) is 5.80. The molecule has 0 aliphatic rings. The van der Waals surface area contributed by atoms with Crippen LogP contribution in [0.4, 0.5) is 11.4 Å². The molecule has 1 N–H and O–H groups in total. The van der Waals surface area contributed by atoms with Gasteiger partial charge in [0.05, 0.1) is 11.5 Å². The molecule has 2 rings (SSSR count). The molecule has 2 aromatic rings. The number of anilines is 1. The van der Waals surface area contributed by atoms with Crippen LogP contribution in [0, 0.1) is 10.1 Å². The summed E-state index contributed by atoms with van der Waals surface area (Å²) in [6.07, 6.45) is 0. The lowest BCUT2D eigenvalue weighted by molar-refractivity contribution is -0.385. The molecule has 2 aromatic carbocycles. The van der Waals surface area contributed by atoms with Crippen molar-refractivity contribution in [1.82, 2.24) is 0 Å².